The summed E-state index contributed by atoms with van der Waals surface area (Å²) in [7, 11) is 0. The number of benzene rings is 1. The number of hydrogen-bond donors (Lipinski definition) is 1. The molecule has 0 radical (unpaired) electrons. The molecule has 0 atom stereocenters. The van der Waals surface area contributed by atoms with Gasteiger partial charge in [0.2, 0.25) is 0 Å². The first kappa shape index (κ1) is 10.7. The quantitative estimate of drug-likeness (QED) is 0.836. The van der Waals surface area contributed by atoms with E-state index in [0.29, 0.717) is 6.04 Å². The van der Waals surface area contributed by atoms with Gasteiger partial charge in [0.25, 0.3) is 0 Å². The van der Waals surface area contributed by atoms with Crippen LogP contribution in [0.25, 0.3) is 11.3 Å². The molecule has 2 aromatic rings. The van der Waals surface area contributed by atoms with Crippen LogP contribution in [0.1, 0.15) is 25.5 Å². The van der Waals surface area contributed by atoms with E-state index in [4.69, 9.17) is 5.73 Å². The molecule has 3 heteroatoms. The van der Waals surface area contributed by atoms with Crippen molar-refractivity contribution in [3.8, 4) is 11.3 Å². The van der Waals surface area contributed by atoms with Crippen LogP contribution >= 0.6 is 0 Å². The molecule has 16 heavy (non-hydrogen) atoms. The third kappa shape index (κ3) is 1.81. The molecule has 0 saturated carbocycles. The van der Waals surface area contributed by atoms with Gasteiger partial charge in [0, 0.05) is 11.6 Å². The highest BCUT2D eigenvalue weighted by molar-refractivity contribution is 5.73. The molecule has 2 N–H and O–H groups in total. The van der Waals surface area contributed by atoms with E-state index in [2.05, 4.69) is 44.1 Å². The average molecular weight is 215 g/mol. The van der Waals surface area contributed by atoms with Gasteiger partial charge in [-0.25, -0.2) is 0 Å². The van der Waals surface area contributed by atoms with Gasteiger partial charge < -0.3 is 5.73 Å². The third-order valence-corrected chi connectivity index (χ3v) is 2.60. The van der Waals surface area contributed by atoms with E-state index in [0.717, 1.165) is 16.9 Å². The fraction of sp³-hybridized carbons (Fsp3) is 0.308. The predicted octanol–water partition coefficient (Wildman–Crippen LogP) is 3.02. The van der Waals surface area contributed by atoms with Crippen molar-refractivity contribution in [1.29, 1.82) is 0 Å². The van der Waals surface area contributed by atoms with Crippen molar-refractivity contribution in [2.24, 2.45) is 0 Å². The Kier molecular flexibility index (Phi) is 2.69. The molecule has 0 fully saturated rings. The number of anilines is 1. The summed E-state index contributed by atoms with van der Waals surface area (Å²) in [5.74, 6) is 0. The first-order chi connectivity index (χ1) is 7.59. The van der Waals surface area contributed by atoms with Crippen LogP contribution in [0.2, 0.25) is 0 Å². The normalized spacial score (nSPS) is 11.0. The molecule has 3 nitrogen and oxygen atoms in total. The zero-order valence-electron chi connectivity index (χ0n) is 9.94. The van der Waals surface area contributed by atoms with E-state index >= 15 is 0 Å². The maximum absolute atomic E-state index is 5.98. The van der Waals surface area contributed by atoms with Crippen LogP contribution in [-0.4, -0.2) is 9.78 Å². The fourth-order valence-electron chi connectivity index (χ4n) is 1.86. The zero-order chi connectivity index (χ0) is 11.7. The van der Waals surface area contributed by atoms with Crippen LogP contribution in [0.5, 0.6) is 0 Å². The molecule has 2 rings (SSSR count). The Hall–Kier alpha value is -1.77. The SMILES string of the molecule is Cc1cccc(-c2c(N)cnn2C(C)C)c1. The molecule has 1 aromatic heterocycles. The lowest BCUT2D eigenvalue weighted by molar-refractivity contribution is 0.538. The Morgan fingerprint density at radius 1 is 1.31 bits per heavy atom. The number of nitrogen functional groups attached to an aromatic ring is 1. The van der Waals surface area contributed by atoms with E-state index < -0.39 is 0 Å². The van der Waals surface area contributed by atoms with E-state index in [-0.39, 0.29) is 0 Å². The molecule has 0 unspecified atom stereocenters. The van der Waals surface area contributed by atoms with Crippen molar-refractivity contribution in [1.82, 2.24) is 9.78 Å². The Labute approximate surface area is 95.9 Å². The van der Waals surface area contributed by atoms with Gasteiger partial charge in [0.15, 0.2) is 0 Å². The van der Waals surface area contributed by atoms with Crippen molar-refractivity contribution >= 4 is 5.69 Å². The summed E-state index contributed by atoms with van der Waals surface area (Å²) in [5, 5.41) is 4.31. The van der Waals surface area contributed by atoms with Crippen molar-refractivity contribution in [3.63, 3.8) is 0 Å². The van der Waals surface area contributed by atoms with Gasteiger partial charge in [-0.15, -0.1) is 0 Å². The van der Waals surface area contributed by atoms with Crippen LogP contribution in [0, 0.1) is 6.92 Å². The molecule has 0 aliphatic heterocycles. The average Bonchev–Trinajstić information content (AvgIpc) is 2.60. The summed E-state index contributed by atoms with van der Waals surface area (Å²) < 4.78 is 1.96. The molecule has 0 amide bonds. The fourth-order valence-corrected chi connectivity index (χ4v) is 1.86. The number of hydrogen-bond acceptors (Lipinski definition) is 2. The van der Waals surface area contributed by atoms with Crippen LogP contribution in [0.4, 0.5) is 5.69 Å². The van der Waals surface area contributed by atoms with Gasteiger partial charge in [0.1, 0.15) is 0 Å². The van der Waals surface area contributed by atoms with Gasteiger partial charge >= 0.3 is 0 Å². The van der Waals surface area contributed by atoms with Gasteiger partial charge in [-0.1, -0.05) is 23.8 Å². The lowest BCUT2D eigenvalue weighted by Gasteiger charge is -2.12. The number of rotatable bonds is 2. The maximum Gasteiger partial charge on any atom is 0.0915 e. The molecule has 0 aliphatic carbocycles. The summed E-state index contributed by atoms with van der Waals surface area (Å²) in [5.41, 5.74) is 10.1. The van der Waals surface area contributed by atoms with E-state index in [1.165, 1.54) is 5.56 Å². The molecule has 1 aromatic carbocycles. The Morgan fingerprint density at radius 3 is 2.69 bits per heavy atom. The zero-order valence-corrected chi connectivity index (χ0v) is 9.94. The summed E-state index contributed by atoms with van der Waals surface area (Å²) in [4.78, 5) is 0. The molecule has 0 spiro atoms. The summed E-state index contributed by atoms with van der Waals surface area (Å²) in [6, 6.07) is 8.64. The standard InChI is InChI=1S/C13H17N3/c1-9(2)16-13(12(14)8-15-16)11-6-4-5-10(3)7-11/h4-9H,14H2,1-3H3. The summed E-state index contributed by atoms with van der Waals surface area (Å²) in [6.45, 7) is 6.28. The van der Waals surface area contributed by atoms with E-state index in [9.17, 15) is 0 Å². The smallest absolute Gasteiger partial charge is 0.0915 e. The van der Waals surface area contributed by atoms with Crippen molar-refractivity contribution in [2.45, 2.75) is 26.8 Å². The van der Waals surface area contributed by atoms with Crippen LogP contribution in [0.15, 0.2) is 30.5 Å². The topological polar surface area (TPSA) is 43.8 Å². The highest BCUT2D eigenvalue weighted by Crippen LogP contribution is 2.28. The van der Waals surface area contributed by atoms with Gasteiger partial charge in [-0.3, -0.25) is 4.68 Å². The summed E-state index contributed by atoms with van der Waals surface area (Å²) >= 11 is 0. The van der Waals surface area contributed by atoms with Crippen LogP contribution < -0.4 is 5.73 Å². The first-order valence-corrected chi connectivity index (χ1v) is 5.49. The second-order valence-electron chi connectivity index (χ2n) is 4.36. The summed E-state index contributed by atoms with van der Waals surface area (Å²) in [6.07, 6.45) is 1.72. The highest BCUT2D eigenvalue weighted by atomic mass is 15.3. The van der Waals surface area contributed by atoms with Crippen molar-refractivity contribution < 1.29 is 0 Å². The lowest BCUT2D eigenvalue weighted by atomic mass is 10.1. The minimum atomic E-state index is 0.313. The Bertz CT molecular complexity index is 498. The second kappa shape index (κ2) is 4.00. The minimum absolute atomic E-state index is 0.313. The van der Waals surface area contributed by atoms with Gasteiger partial charge in [0.05, 0.1) is 17.6 Å². The number of nitrogens with two attached hydrogens (primary N) is 1. The van der Waals surface area contributed by atoms with Crippen LogP contribution in [-0.2, 0) is 0 Å². The highest BCUT2D eigenvalue weighted by Gasteiger charge is 2.12. The molecular formula is C13H17N3. The maximum atomic E-state index is 5.98. The lowest BCUT2D eigenvalue weighted by Crippen LogP contribution is -2.05. The molecular weight excluding hydrogens is 198 g/mol. The monoisotopic (exact) mass is 215 g/mol. The largest absolute Gasteiger partial charge is 0.396 e. The van der Waals surface area contributed by atoms with Crippen LogP contribution in [0.3, 0.4) is 0 Å². The molecule has 84 valence electrons. The predicted molar refractivity (Wildman–Crippen MR) is 67.2 cm³/mol. The Morgan fingerprint density at radius 2 is 2.06 bits per heavy atom. The first-order valence-electron chi connectivity index (χ1n) is 5.49. The van der Waals surface area contributed by atoms with Crippen molar-refractivity contribution in [3.05, 3.63) is 36.0 Å². The Balaban J connectivity index is 2.59. The molecule has 0 bridgehead atoms. The van der Waals surface area contributed by atoms with Gasteiger partial charge in [-0.2, -0.15) is 5.10 Å². The number of aromatic nitrogens is 2. The minimum Gasteiger partial charge on any atom is -0.396 e. The van der Waals surface area contributed by atoms with E-state index in [1.807, 2.05) is 10.7 Å². The number of aryl methyl sites for hydroxylation is 1. The van der Waals surface area contributed by atoms with Crippen molar-refractivity contribution in [2.75, 3.05) is 5.73 Å². The molecule has 0 saturated heterocycles. The third-order valence-electron chi connectivity index (χ3n) is 2.60. The molecule has 0 aliphatic rings. The van der Waals surface area contributed by atoms with E-state index in [1.54, 1.807) is 6.20 Å². The number of nitrogens with zero attached hydrogens (tertiary/aromatic N) is 2. The molecule has 1 heterocycles. The second-order valence-corrected chi connectivity index (χ2v) is 4.36. The van der Waals surface area contributed by atoms with Gasteiger partial charge in [-0.05, 0) is 26.8 Å².